The number of carbonyl (C=O) groups excluding carboxylic acids is 1. The van der Waals surface area contributed by atoms with Crippen molar-refractivity contribution in [1.29, 1.82) is 5.41 Å². The second kappa shape index (κ2) is 5.73. The van der Waals surface area contributed by atoms with E-state index in [0.717, 1.165) is 38.7 Å². The SMILES string of the molecule is N=CC(=O)C1CCN(Cc2ccccc2)CC1. The monoisotopic (exact) mass is 230 g/mol. The number of carbonyl (C=O) groups is 1. The van der Waals surface area contributed by atoms with Gasteiger partial charge in [-0.3, -0.25) is 9.69 Å². The second-order valence-corrected chi connectivity index (χ2v) is 4.58. The molecule has 0 aliphatic carbocycles. The standard InChI is InChI=1S/C14H18N2O/c15-10-14(17)13-6-8-16(9-7-13)11-12-4-2-1-3-5-12/h1-5,10,13,15H,6-9,11H2. The third-order valence-corrected chi connectivity index (χ3v) is 3.38. The van der Waals surface area contributed by atoms with Gasteiger partial charge in [0, 0.05) is 12.5 Å². The number of ketones is 1. The zero-order chi connectivity index (χ0) is 12.1. The molecule has 0 saturated carbocycles. The maximum Gasteiger partial charge on any atom is 0.176 e. The lowest BCUT2D eigenvalue weighted by Crippen LogP contribution is -2.36. The lowest BCUT2D eigenvalue weighted by atomic mass is 9.93. The first-order valence-electron chi connectivity index (χ1n) is 6.10. The first kappa shape index (κ1) is 12.0. The Labute approximate surface area is 102 Å². The van der Waals surface area contributed by atoms with Crippen LogP contribution in [0.4, 0.5) is 0 Å². The van der Waals surface area contributed by atoms with Gasteiger partial charge in [-0.05, 0) is 31.5 Å². The van der Waals surface area contributed by atoms with E-state index >= 15 is 0 Å². The molecule has 0 atom stereocenters. The Bertz CT molecular complexity index is 380. The number of hydrogen-bond donors (Lipinski definition) is 1. The number of hydrogen-bond acceptors (Lipinski definition) is 3. The quantitative estimate of drug-likeness (QED) is 0.805. The highest BCUT2D eigenvalue weighted by Gasteiger charge is 2.23. The zero-order valence-corrected chi connectivity index (χ0v) is 9.93. The Morgan fingerprint density at radius 3 is 2.53 bits per heavy atom. The van der Waals surface area contributed by atoms with E-state index in [9.17, 15) is 4.79 Å². The van der Waals surface area contributed by atoms with E-state index in [-0.39, 0.29) is 11.7 Å². The fourth-order valence-electron chi connectivity index (χ4n) is 2.34. The first-order chi connectivity index (χ1) is 8.29. The lowest BCUT2D eigenvalue weighted by Gasteiger charge is -2.30. The van der Waals surface area contributed by atoms with Crippen molar-refractivity contribution >= 4 is 12.0 Å². The average molecular weight is 230 g/mol. The summed E-state index contributed by atoms with van der Waals surface area (Å²) < 4.78 is 0. The van der Waals surface area contributed by atoms with Crippen LogP contribution in [0.5, 0.6) is 0 Å². The van der Waals surface area contributed by atoms with Crippen LogP contribution in [-0.2, 0) is 11.3 Å². The van der Waals surface area contributed by atoms with Crippen LogP contribution < -0.4 is 0 Å². The number of rotatable bonds is 4. The molecule has 17 heavy (non-hydrogen) atoms. The van der Waals surface area contributed by atoms with Gasteiger partial charge in [-0.2, -0.15) is 0 Å². The predicted molar refractivity (Wildman–Crippen MR) is 68.2 cm³/mol. The average Bonchev–Trinajstić information content (AvgIpc) is 2.40. The second-order valence-electron chi connectivity index (χ2n) is 4.58. The third kappa shape index (κ3) is 3.24. The molecule has 1 fully saturated rings. The number of piperidine rings is 1. The molecule has 90 valence electrons. The molecule has 0 radical (unpaired) electrons. The van der Waals surface area contributed by atoms with Gasteiger partial charge in [0.25, 0.3) is 0 Å². The highest BCUT2D eigenvalue weighted by atomic mass is 16.1. The summed E-state index contributed by atoms with van der Waals surface area (Å²) in [5.74, 6) is 0.0730. The molecule has 1 aliphatic heterocycles. The van der Waals surface area contributed by atoms with Crippen LogP contribution in [-0.4, -0.2) is 30.0 Å². The van der Waals surface area contributed by atoms with E-state index in [2.05, 4.69) is 29.2 Å². The molecule has 3 heteroatoms. The molecule has 0 amide bonds. The van der Waals surface area contributed by atoms with E-state index in [4.69, 9.17) is 5.41 Å². The van der Waals surface area contributed by atoms with E-state index in [0.29, 0.717) is 0 Å². The number of likely N-dealkylation sites (tertiary alicyclic amines) is 1. The Morgan fingerprint density at radius 1 is 1.29 bits per heavy atom. The number of nitrogens with one attached hydrogen (secondary N) is 1. The van der Waals surface area contributed by atoms with Crippen LogP contribution in [0.2, 0.25) is 0 Å². The summed E-state index contributed by atoms with van der Waals surface area (Å²) in [6, 6.07) is 10.4. The van der Waals surface area contributed by atoms with Gasteiger partial charge in [-0.25, -0.2) is 0 Å². The van der Waals surface area contributed by atoms with E-state index < -0.39 is 0 Å². The van der Waals surface area contributed by atoms with Crippen LogP contribution in [0.15, 0.2) is 30.3 Å². The van der Waals surface area contributed by atoms with Gasteiger partial charge in [0.1, 0.15) is 0 Å². The van der Waals surface area contributed by atoms with Gasteiger partial charge < -0.3 is 5.41 Å². The maximum atomic E-state index is 11.4. The Balaban J connectivity index is 1.83. The summed E-state index contributed by atoms with van der Waals surface area (Å²) >= 11 is 0. The van der Waals surface area contributed by atoms with Gasteiger partial charge in [0.05, 0.1) is 6.21 Å². The largest absolute Gasteiger partial charge is 0.305 e. The van der Waals surface area contributed by atoms with Crippen LogP contribution in [0, 0.1) is 11.3 Å². The molecule has 1 aromatic carbocycles. The van der Waals surface area contributed by atoms with Gasteiger partial charge in [0.2, 0.25) is 0 Å². The van der Waals surface area contributed by atoms with E-state index in [1.807, 2.05) is 6.07 Å². The van der Waals surface area contributed by atoms with E-state index in [1.54, 1.807) is 0 Å². The number of nitrogens with zero attached hydrogens (tertiary/aromatic N) is 1. The lowest BCUT2D eigenvalue weighted by molar-refractivity contribution is -0.117. The highest BCUT2D eigenvalue weighted by Crippen LogP contribution is 2.19. The van der Waals surface area contributed by atoms with Crippen LogP contribution in [0.3, 0.4) is 0 Å². The molecule has 3 nitrogen and oxygen atoms in total. The molecule has 0 unspecified atom stereocenters. The van der Waals surface area contributed by atoms with Gasteiger partial charge in [-0.15, -0.1) is 0 Å². The van der Waals surface area contributed by atoms with Crippen molar-refractivity contribution in [3.05, 3.63) is 35.9 Å². The molecule has 1 aromatic rings. The first-order valence-corrected chi connectivity index (χ1v) is 6.10. The molecular weight excluding hydrogens is 212 g/mol. The Hall–Kier alpha value is -1.48. The summed E-state index contributed by atoms with van der Waals surface area (Å²) in [5.41, 5.74) is 1.32. The summed E-state index contributed by atoms with van der Waals surface area (Å²) in [5, 5.41) is 6.99. The van der Waals surface area contributed by atoms with Crippen LogP contribution in [0.1, 0.15) is 18.4 Å². The summed E-state index contributed by atoms with van der Waals surface area (Å²) in [6.07, 6.45) is 2.75. The minimum absolute atomic E-state index is 0.00985. The fourth-order valence-corrected chi connectivity index (χ4v) is 2.34. The van der Waals surface area contributed by atoms with Gasteiger partial charge in [-0.1, -0.05) is 30.3 Å². The normalized spacial score (nSPS) is 17.9. The summed E-state index contributed by atoms with van der Waals surface area (Å²) in [7, 11) is 0. The molecule has 0 bridgehead atoms. The van der Waals surface area contributed by atoms with E-state index in [1.165, 1.54) is 5.56 Å². The summed E-state index contributed by atoms with van der Waals surface area (Å²) in [4.78, 5) is 13.7. The summed E-state index contributed by atoms with van der Waals surface area (Å²) in [6.45, 7) is 2.88. The molecule has 0 spiro atoms. The number of Topliss-reactive ketones (excluding diaryl/α,β-unsaturated/α-hetero) is 1. The van der Waals surface area contributed by atoms with Crippen LogP contribution in [0.25, 0.3) is 0 Å². The molecule has 1 N–H and O–H groups in total. The van der Waals surface area contributed by atoms with Crippen LogP contribution >= 0.6 is 0 Å². The highest BCUT2D eigenvalue weighted by molar-refractivity contribution is 6.27. The van der Waals surface area contributed by atoms with Crippen molar-refractivity contribution in [3.63, 3.8) is 0 Å². The minimum Gasteiger partial charge on any atom is -0.305 e. The third-order valence-electron chi connectivity index (χ3n) is 3.38. The Morgan fingerprint density at radius 2 is 1.94 bits per heavy atom. The van der Waals surface area contributed by atoms with Crippen molar-refractivity contribution in [2.24, 2.45) is 5.92 Å². The number of benzene rings is 1. The molecule has 1 heterocycles. The van der Waals surface area contributed by atoms with Crippen molar-refractivity contribution in [2.75, 3.05) is 13.1 Å². The van der Waals surface area contributed by atoms with Crippen molar-refractivity contribution < 1.29 is 4.79 Å². The van der Waals surface area contributed by atoms with Crippen molar-refractivity contribution in [3.8, 4) is 0 Å². The molecular formula is C14H18N2O. The minimum atomic E-state index is -0.00985. The molecule has 1 aliphatic rings. The molecule has 0 aromatic heterocycles. The van der Waals surface area contributed by atoms with Crippen molar-refractivity contribution in [2.45, 2.75) is 19.4 Å². The zero-order valence-electron chi connectivity index (χ0n) is 9.93. The topological polar surface area (TPSA) is 44.2 Å². The fraction of sp³-hybridized carbons (Fsp3) is 0.429. The van der Waals surface area contributed by atoms with Gasteiger partial charge >= 0.3 is 0 Å². The Kier molecular flexibility index (Phi) is 4.04. The molecule has 2 rings (SSSR count). The maximum absolute atomic E-state index is 11.4. The smallest absolute Gasteiger partial charge is 0.176 e. The molecule has 1 saturated heterocycles. The predicted octanol–water partition coefficient (Wildman–Crippen LogP) is 2.12. The van der Waals surface area contributed by atoms with Crippen molar-refractivity contribution in [1.82, 2.24) is 4.90 Å². The van der Waals surface area contributed by atoms with Gasteiger partial charge in [0.15, 0.2) is 5.78 Å².